The summed E-state index contributed by atoms with van der Waals surface area (Å²) < 4.78 is 1.77. The third-order valence-electron chi connectivity index (χ3n) is 7.52. The lowest BCUT2D eigenvalue weighted by Crippen LogP contribution is -2.44. The van der Waals surface area contributed by atoms with Crippen LogP contribution in [0.15, 0.2) is 30.5 Å². The van der Waals surface area contributed by atoms with Crippen LogP contribution in [-0.2, 0) is 5.41 Å². The summed E-state index contributed by atoms with van der Waals surface area (Å²) in [5.74, 6) is -0.312. The van der Waals surface area contributed by atoms with E-state index >= 15 is 0 Å². The third kappa shape index (κ3) is 5.11. The highest BCUT2D eigenvalue weighted by atomic mass is 16.3. The summed E-state index contributed by atoms with van der Waals surface area (Å²) in [6.07, 6.45) is 8.18. The van der Waals surface area contributed by atoms with Gasteiger partial charge < -0.3 is 21.1 Å². The molecule has 0 radical (unpaired) electrons. The second-order valence-corrected chi connectivity index (χ2v) is 10.3. The van der Waals surface area contributed by atoms with E-state index in [4.69, 9.17) is 5.73 Å². The lowest BCUT2D eigenvalue weighted by molar-refractivity contribution is 0.0960. The molecule has 3 atom stereocenters. The van der Waals surface area contributed by atoms with Crippen LogP contribution >= 0.6 is 0 Å². The number of anilines is 2. The monoisotopic (exact) mass is 464 g/mol. The third-order valence-corrected chi connectivity index (χ3v) is 7.52. The van der Waals surface area contributed by atoms with Crippen molar-refractivity contribution in [1.82, 2.24) is 14.7 Å². The van der Waals surface area contributed by atoms with Gasteiger partial charge in [-0.15, -0.1) is 0 Å². The number of benzene rings is 1. The van der Waals surface area contributed by atoms with E-state index in [0.29, 0.717) is 17.4 Å². The van der Waals surface area contributed by atoms with Gasteiger partial charge in [0.05, 0.1) is 24.6 Å². The molecule has 0 bridgehead atoms. The van der Waals surface area contributed by atoms with Crippen LogP contribution in [0.5, 0.6) is 0 Å². The van der Waals surface area contributed by atoms with Crippen molar-refractivity contribution >= 4 is 17.4 Å². The van der Waals surface area contributed by atoms with Crippen molar-refractivity contribution in [3.05, 3.63) is 41.6 Å². The predicted molar refractivity (Wildman–Crippen MR) is 132 cm³/mol. The molecule has 1 aliphatic heterocycles. The van der Waals surface area contributed by atoms with E-state index in [2.05, 4.69) is 21.4 Å². The van der Waals surface area contributed by atoms with Crippen LogP contribution < -0.4 is 11.1 Å². The van der Waals surface area contributed by atoms with E-state index in [1.165, 1.54) is 19.3 Å². The number of aliphatic hydroxyl groups is 1. The number of carbonyl (C=O) groups excluding carboxylic acids is 1. The molecule has 2 fully saturated rings. The number of rotatable bonds is 7. The van der Waals surface area contributed by atoms with Gasteiger partial charge in [0, 0.05) is 23.3 Å². The van der Waals surface area contributed by atoms with Gasteiger partial charge in [-0.2, -0.15) is 10.4 Å². The van der Waals surface area contributed by atoms with Crippen molar-refractivity contribution < 1.29 is 9.90 Å². The first kappa shape index (κ1) is 24.2. The Morgan fingerprint density at radius 1 is 1.24 bits per heavy atom. The van der Waals surface area contributed by atoms with Crippen molar-refractivity contribution in [3.8, 4) is 6.07 Å². The quantitative estimate of drug-likeness (QED) is 0.574. The highest BCUT2D eigenvalue weighted by Gasteiger charge is 2.36. The molecule has 1 aromatic heterocycles. The zero-order chi connectivity index (χ0) is 24.3. The average molecular weight is 465 g/mol. The van der Waals surface area contributed by atoms with E-state index in [0.717, 1.165) is 43.6 Å². The minimum Gasteiger partial charge on any atom is -0.395 e. The van der Waals surface area contributed by atoms with E-state index < -0.39 is 5.91 Å². The summed E-state index contributed by atoms with van der Waals surface area (Å²) in [4.78, 5) is 14.7. The van der Waals surface area contributed by atoms with Crippen LogP contribution in [0.1, 0.15) is 74.3 Å². The number of hydrogen-bond acceptors (Lipinski definition) is 6. The van der Waals surface area contributed by atoms with Gasteiger partial charge in [0.15, 0.2) is 5.82 Å². The Bertz CT molecular complexity index is 1030. The van der Waals surface area contributed by atoms with Crippen LogP contribution in [0, 0.1) is 17.2 Å². The summed E-state index contributed by atoms with van der Waals surface area (Å²) in [7, 11) is 0. The van der Waals surface area contributed by atoms with E-state index in [-0.39, 0.29) is 24.0 Å². The lowest BCUT2D eigenvalue weighted by Gasteiger charge is -2.40. The van der Waals surface area contributed by atoms with Crippen LogP contribution in [0.2, 0.25) is 0 Å². The minimum atomic E-state index is -0.553. The van der Waals surface area contributed by atoms with Crippen LogP contribution in [0.25, 0.3) is 0 Å². The molecule has 1 saturated heterocycles. The van der Waals surface area contributed by atoms with Gasteiger partial charge in [0.1, 0.15) is 5.56 Å². The van der Waals surface area contributed by atoms with E-state index in [9.17, 15) is 15.2 Å². The average Bonchev–Trinajstić information content (AvgIpc) is 3.28. The van der Waals surface area contributed by atoms with Crippen LogP contribution in [0.3, 0.4) is 0 Å². The molecule has 8 nitrogen and oxygen atoms in total. The molecule has 4 rings (SSSR count). The number of primary amides is 1. The molecule has 34 heavy (non-hydrogen) atoms. The van der Waals surface area contributed by atoms with Crippen molar-refractivity contribution in [2.45, 2.75) is 69.9 Å². The molecule has 2 aliphatic rings. The predicted octanol–water partition coefficient (Wildman–Crippen LogP) is 3.71. The summed E-state index contributed by atoms with van der Waals surface area (Å²) in [6.45, 7) is 6.27. The Morgan fingerprint density at radius 2 is 1.94 bits per heavy atom. The number of nitrogens with one attached hydrogen (secondary N) is 1. The maximum atomic E-state index is 12.2. The standard InChI is InChI=1S/C26H36N6O2/c1-26(2,17-33)19-6-8-20(9-7-19)29-25-22(24(28)34)16-32(30-25)23-11-10-21(14-18(23)15-27)31-12-4-3-5-13-31/h6-9,16,18,21,23,33H,3-5,10-14,17H2,1-2H3,(H2,28,34)(H,29,30). The minimum absolute atomic E-state index is 0.0517. The highest BCUT2D eigenvalue weighted by Crippen LogP contribution is 2.37. The smallest absolute Gasteiger partial charge is 0.254 e. The number of likely N-dealkylation sites (tertiary alicyclic amines) is 1. The first-order valence-corrected chi connectivity index (χ1v) is 12.3. The van der Waals surface area contributed by atoms with Gasteiger partial charge in [-0.25, -0.2) is 0 Å². The van der Waals surface area contributed by atoms with Crippen molar-refractivity contribution in [2.24, 2.45) is 11.7 Å². The second kappa shape index (κ2) is 10.2. The molecular weight excluding hydrogens is 428 g/mol. The lowest BCUT2D eigenvalue weighted by atomic mass is 9.81. The van der Waals surface area contributed by atoms with Gasteiger partial charge in [0.25, 0.3) is 5.91 Å². The second-order valence-electron chi connectivity index (χ2n) is 10.3. The first-order chi connectivity index (χ1) is 16.3. The van der Waals surface area contributed by atoms with Crippen LogP contribution in [-0.4, -0.2) is 51.4 Å². The Balaban J connectivity index is 1.52. The fourth-order valence-electron chi connectivity index (χ4n) is 5.27. The Hall–Kier alpha value is -2.89. The van der Waals surface area contributed by atoms with Gasteiger partial charge >= 0.3 is 0 Å². The first-order valence-electron chi connectivity index (χ1n) is 12.3. The van der Waals surface area contributed by atoms with Crippen molar-refractivity contribution in [3.63, 3.8) is 0 Å². The zero-order valence-corrected chi connectivity index (χ0v) is 20.2. The summed E-state index contributed by atoms with van der Waals surface area (Å²) in [6, 6.07) is 10.6. The largest absolute Gasteiger partial charge is 0.395 e. The van der Waals surface area contributed by atoms with Crippen molar-refractivity contribution in [1.29, 1.82) is 5.26 Å². The summed E-state index contributed by atoms with van der Waals surface area (Å²) >= 11 is 0. The highest BCUT2D eigenvalue weighted by molar-refractivity contribution is 5.98. The fourth-order valence-corrected chi connectivity index (χ4v) is 5.27. The Kier molecular flexibility index (Phi) is 7.24. The van der Waals surface area contributed by atoms with Gasteiger partial charge in [-0.3, -0.25) is 9.48 Å². The Labute approximate surface area is 201 Å². The zero-order valence-electron chi connectivity index (χ0n) is 20.2. The molecule has 4 N–H and O–H groups in total. The maximum Gasteiger partial charge on any atom is 0.254 e. The molecule has 1 aromatic carbocycles. The molecule has 182 valence electrons. The number of aromatic nitrogens is 2. The molecule has 8 heteroatoms. The number of carbonyl (C=O) groups is 1. The Morgan fingerprint density at radius 3 is 2.56 bits per heavy atom. The maximum absolute atomic E-state index is 12.2. The van der Waals surface area contributed by atoms with Gasteiger partial charge in [-0.1, -0.05) is 32.4 Å². The van der Waals surface area contributed by atoms with Gasteiger partial charge in [-0.05, 0) is 62.9 Å². The van der Waals surface area contributed by atoms with Gasteiger partial charge in [0.2, 0.25) is 0 Å². The molecule has 3 unspecified atom stereocenters. The molecule has 1 aliphatic carbocycles. The number of nitrogens with zero attached hydrogens (tertiary/aromatic N) is 4. The van der Waals surface area contributed by atoms with Crippen LogP contribution in [0.4, 0.5) is 11.5 Å². The SMILES string of the molecule is CC(C)(CO)c1ccc(Nc2nn(C3CCC(N4CCCCC4)CC3C#N)cc2C(N)=O)cc1. The van der Waals surface area contributed by atoms with E-state index in [1.54, 1.807) is 10.9 Å². The fraction of sp³-hybridized carbons (Fsp3) is 0.577. The normalized spacial score (nSPS) is 23.9. The molecule has 1 saturated carbocycles. The van der Waals surface area contributed by atoms with Crippen molar-refractivity contribution in [2.75, 3.05) is 25.0 Å². The summed E-state index contributed by atoms with van der Waals surface area (Å²) in [5, 5.41) is 27.4. The number of amides is 1. The number of aliphatic hydroxyl groups excluding tert-OH is 1. The number of hydrogen-bond donors (Lipinski definition) is 3. The molecule has 1 amide bonds. The topological polar surface area (TPSA) is 120 Å². The number of nitrogens with two attached hydrogens (primary N) is 1. The molecule has 2 aromatic rings. The molecular formula is C26H36N6O2. The van der Waals surface area contributed by atoms with E-state index in [1.807, 2.05) is 38.1 Å². The molecule has 0 spiro atoms. The molecule has 2 heterocycles. The number of piperidine rings is 1. The number of nitriles is 1. The summed E-state index contributed by atoms with van der Waals surface area (Å²) in [5.41, 5.74) is 7.44.